The molecule has 0 radical (unpaired) electrons. The number of carboxylic acid groups (broad SMARTS) is 1. The lowest BCUT2D eigenvalue weighted by atomic mass is 10.1. The average molecular weight is 295 g/mol. The molecule has 0 saturated heterocycles. The summed E-state index contributed by atoms with van der Waals surface area (Å²) < 4.78 is 27.8. The molecular weight excluding hydrogens is 284 g/mol. The highest BCUT2D eigenvalue weighted by atomic mass is 19.2. The molecule has 0 fully saturated rings. The number of halogens is 2. The van der Waals surface area contributed by atoms with Crippen molar-refractivity contribution in [2.45, 2.75) is 6.54 Å². The number of carboxylic acids is 1. The van der Waals surface area contributed by atoms with Crippen LogP contribution in [0, 0.1) is 11.6 Å². The first-order valence-electron chi connectivity index (χ1n) is 5.87. The first-order chi connectivity index (χ1) is 9.88. The van der Waals surface area contributed by atoms with Crippen LogP contribution in [0.25, 0.3) is 0 Å². The number of nitrogens with one attached hydrogen (secondary N) is 1. The van der Waals surface area contributed by atoms with E-state index in [1.54, 1.807) is 19.3 Å². The Morgan fingerprint density at radius 1 is 1.29 bits per heavy atom. The molecule has 1 heterocycles. The van der Waals surface area contributed by atoms with E-state index in [0.29, 0.717) is 17.8 Å². The fraction of sp³-hybridized carbons (Fsp3) is 0.154. The number of amides is 1. The van der Waals surface area contributed by atoms with Crippen molar-refractivity contribution < 1.29 is 23.5 Å². The number of rotatable bonds is 4. The van der Waals surface area contributed by atoms with Crippen LogP contribution in [0.3, 0.4) is 0 Å². The van der Waals surface area contributed by atoms with Crippen LogP contribution >= 0.6 is 0 Å². The molecule has 0 aliphatic rings. The number of nitrogens with zero attached hydrogens (tertiary/aromatic N) is 2. The minimum absolute atomic E-state index is 0.0394. The molecule has 2 aromatic rings. The molecule has 0 aliphatic heterocycles. The number of aryl methyl sites for hydroxylation is 1. The summed E-state index contributed by atoms with van der Waals surface area (Å²) in [6, 6.07) is 2.70. The smallest absolute Gasteiger partial charge is 0.336 e. The predicted molar refractivity (Wildman–Crippen MR) is 67.7 cm³/mol. The third-order valence-electron chi connectivity index (χ3n) is 2.73. The Balaban J connectivity index is 2.22. The minimum Gasteiger partial charge on any atom is -0.478 e. The van der Waals surface area contributed by atoms with Crippen molar-refractivity contribution in [3.63, 3.8) is 0 Å². The summed E-state index contributed by atoms with van der Waals surface area (Å²) in [5.74, 6) is -4.95. The summed E-state index contributed by atoms with van der Waals surface area (Å²) in [6.07, 6.45) is 1.67. The van der Waals surface area contributed by atoms with E-state index in [1.165, 1.54) is 4.68 Å². The van der Waals surface area contributed by atoms with Crippen molar-refractivity contribution in [3.8, 4) is 0 Å². The van der Waals surface area contributed by atoms with Crippen LogP contribution in [-0.4, -0.2) is 26.8 Å². The maximum atomic E-state index is 13.2. The zero-order valence-electron chi connectivity index (χ0n) is 10.9. The minimum atomic E-state index is -1.52. The number of hydrogen-bond acceptors (Lipinski definition) is 3. The first kappa shape index (κ1) is 14.6. The van der Waals surface area contributed by atoms with Crippen molar-refractivity contribution in [2.75, 3.05) is 0 Å². The Hall–Kier alpha value is -2.77. The third-order valence-corrected chi connectivity index (χ3v) is 2.73. The van der Waals surface area contributed by atoms with Gasteiger partial charge in [-0.2, -0.15) is 5.10 Å². The van der Waals surface area contributed by atoms with E-state index in [1.807, 2.05) is 0 Å². The Kier molecular flexibility index (Phi) is 3.97. The van der Waals surface area contributed by atoms with Crippen LogP contribution in [0.2, 0.25) is 0 Å². The van der Waals surface area contributed by atoms with Crippen LogP contribution in [0.5, 0.6) is 0 Å². The molecule has 0 aliphatic carbocycles. The van der Waals surface area contributed by atoms with E-state index < -0.39 is 34.6 Å². The van der Waals surface area contributed by atoms with Gasteiger partial charge in [-0.15, -0.1) is 0 Å². The summed E-state index contributed by atoms with van der Waals surface area (Å²) in [7, 11) is 1.70. The molecule has 21 heavy (non-hydrogen) atoms. The van der Waals surface area contributed by atoms with Crippen LogP contribution in [0.15, 0.2) is 24.4 Å². The van der Waals surface area contributed by atoms with Crippen LogP contribution in [0.4, 0.5) is 8.78 Å². The van der Waals surface area contributed by atoms with Gasteiger partial charge in [0.15, 0.2) is 11.6 Å². The maximum absolute atomic E-state index is 13.2. The Morgan fingerprint density at radius 2 is 1.90 bits per heavy atom. The van der Waals surface area contributed by atoms with Gasteiger partial charge in [-0.1, -0.05) is 0 Å². The fourth-order valence-corrected chi connectivity index (χ4v) is 1.74. The molecule has 6 nitrogen and oxygen atoms in total. The van der Waals surface area contributed by atoms with Crippen molar-refractivity contribution in [3.05, 3.63) is 52.9 Å². The highest BCUT2D eigenvalue weighted by molar-refractivity contribution is 6.04. The van der Waals surface area contributed by atoms with Gasteiger partial charge in [0.1, 0.15) is 0 Å². The molecule has 2 N–H and O–H groups in total. The van der Waals surface area contributed by atoms with E-state index in [2.05, 4.69) is 10.4 Å². The SMILES string of the molecule is Cn1ccc(CNC(=O)c2cc(F)c(F)cc2C(=O)O)n1. The van der Waals surface area contributed by atoms with Crippen LogP contribution in [-0.2, 0) is 13.6 Å². The van der Waals surface area contributed by atoms with Gasteiger partial charge in [0.25, 0.3) is 5.91 Å². The van der Waals surface area contributed by atoms with E-state index in [0.717, 1.165) is 0 Å². The molecule has 0 bridgehead atoms. The zero-order chi connectivity index (χ0) is 15.6. The first-order valence-corrected chi connectivity index (χ1v) is 5.87. The molecular formula is C13H11F2N3O3. The maximum Gasteiger partial charge on any atom is 0.336 e. The van der Waals surface area contributed by atoms with Gasteiger partial charge < -0.3 is 10.4 Å². The summed E-state index contributed by atoms with van der Waals surface area (Å²) in [5, 5.41) is 15.4. The molecule has 2 rings (SSSR count). The van der Waals surface area contributed by atoms with Gasteiger partial charge in [0, 0.05) is 13.2 Å². The van der Waals surface area contributed by atoms with Crippen molar-refractivity contribution in [1.82, 2.24) is 15.1 Å². The van der Waals surface area contributed by atoms with Gasteiger partial charge >= 0.3 is 5.97 Å². The second-order valence-electron chi connectivity index (χ2n) is 4.28. The summed E-state index contributed by atoms with van der Waals surface area (Å²) in [6.45, 7) is 0.0394. The molecule has 8 heteroatoms. The third kappa shape index (κ3) is 3.22. The number of aromatic nitrogens is 2. The highest BCUT2D eigenvalue weighted by Crippen LogP contribution is 2.15. The number of carbonyl (C=O) groups is 2. The lowest BCUT2D eigenvalue weighted by molar-refractivity contribution is 0.0690. The van der Waals surface area contributed by atoms with Crippen LogP contribution in [0.1, 0.15) is 26.4 Å². The molecule has 1 aromatic heterocycles. The van der Waals surface area contributed by atoms with Gasteiger partial charge in [-0.3, -0.25) is 9.48 Å². The number of hydrogen-bond donors (Lipinski definition) is 2. The molecule has 0 unspecified atom stereocenters. The summed E-state index contributed by atoms with van der Waals surface area (Å²) in [5.41, 5.74) is -0.505. The Bertz CT molecular complexity index is 713. The van der Waals surface area contributed by atoms with E-state index in [-0.39, 0.29) is 6.54 Å². The van der Waals surface area contributed by atoms with Gasteiger partial charge in [0.05, 0.1) is 23.4 Å². The van der Waals surface area contributed by atoms with Crippen molar-refractivity contribution in [2.24, 2.45) is 7.05 Å². The summed E-state index contributed by atoms with van der Waals surface area (Å²) in [4.78, 5) is 22.9. The molecule has 0 spiro atoms. The molecule has 1 aromatic carbocycles. The van der Waals surface area contributed by atoms with E-state index in [4.69, 9.17) is 5.11 Å². The molecule has 0 atom stereocenters. The lowest BCUT2D eigenvalue weighted by Crippen LogP contribution is -2.25. The molecule has 110 valence electrons. The average Bonchev–Trinajstić information content (AvgIpc) is 2.84. The second-order valence-corrected chi connectivity index (χ2v) is 4.28. The Labute approximate surface area is 118 Å². The number of aromatic carboxylic acids is 1. The topological polar surface area (TPSA) is 84.2 Å². The fourth-order valence-electron chi connectivity index (χ4n) is 1.74. The number of carbonyl (C=O) groups excluding carboxylic acids is 1. The quantitative estimate of drug-likeness (QED) is 0.891. The zero-order valence-corrected chi connectivity index (χ0v) is 10.9. The highest BCUT2D eigenvalue weighted by Gasteiger charge is 2.20. The largest absolute Gasteiger partial charge is 0.478 e. The van der Waals surface area contributed by atoms with Crippen LogP contribution < -0.4 is 5.32 Å². The second kappa shape index (κ2) is 5.70. The van der Waals surface area contributed by atoms with Gasteiger partial charge in [0.2, 0.25) is 0 Å². The lowest BCUT2D eigenvalue weighted by Gasteiger charge is -2.07. The standard InChI is InChI=1S/C13H11F2N3O3/c1-18-3-2-7(17-18)6-16-12(19)8-4-10(14)11(15)5-9(8)13(20)21/h2-5H,6H2,1H3,(H,16,19)(H,20,21). The monoisotopic (exact) mass is 295 g/mol. The van der Waals surface area contributed by atoms with Gasteiger partial charge in [-0.25, -0.2) is 13.6 Å². The predicted octanol–water partition coefficient (Wildman–Crippen LogP) is 1.33. The van der Waals surface area contributed by atoms with Crippen molar-refractivity contribution >= 4 is 11.9 Å². The van der Waals surface area contributed by atoms with E-state index >= 15 is 0 Å². The normalized spacial score (nSPS) is 10.4. The van der Waals surface area contributed by atoms with E-state index in [9.17, 15) is 18.4 Å². The number of benzene rings is 1. The van der Waals surface area contributed by atoms with Gasteiger partial charge in [-0.05, 0) is 18.2 Å². The van der Waals surface area contributed by atoms with Crippen molar-refractivity contribution in [1.29, 1.82) is 0 Å². The Morgan fingerprint density at radius 3 is 2.43 bits per heavy atom. The molecule has 1 amide bonds. The summed E-state index contributed by atoms with van der Waals surface area (Å²) >= 11 is 0. The molecule has 0 saturated carbocycles.